The Morgan fingerprint density at radius 2 is 2.21 bits per heavy atom. The zero-order chi connectivity index (χ0) is 13.4. The molecule has 0 aliphatic carbocycles. The number of pyridine rings is 1. The van der Waals surface area contributed by atoms with Crippen LogP contribution in [0.4, 0.5) is 5.00 Å². The predicted molar refractivity (Wildman–Crippen MR) is 67.7 cm³/mol. The molecule has 0 spiro atoms. The predicted octanol–water partition coefficient (Wildman–Crippen LogP) is 2.24. The van der Waals surface area contributed by atoms with Gasteiger partial charge in [-0.05, 0) is 12.1 Å². The first-order chi connectivity index (χ1) is 9.19. The molecule has 0 bridgehead atoms. The van der Waals surface area contributed by atoms with E-state index in [1.165, 1.54) is 6.07 Å². The van der Waals surface area contributed by atoms with E-state index < -0.39 is 4.92 Å². The molecule has 7 nitrogen and oxygen atoms in total. The Kier molecular flexibility index (Phi) is 2.47. The first-order valence-electron chi connectivity index (χ1n) is 5.18. The van der Waals surface area contributed by atoms with Crippen molar-refractivity contribution in [2.24, 2.45) is 0 Å². The lowest BCUT2D eigenvalue weighted by molar-refractivity contribution is -0.380. The van der Waals surface area contributed by atoms with E-state index in [-0.39, 0.29) is 5.00 Å². The van der Waals surface area contributed by atoms with E-state index in [1.54, 1.807) is 28.8 Å². The summed E-state index contributed by atoms with van der Waals surface area (Å²) in [6.45, 7) is 0. The lowest BCUT2D eigenvalue weighted by Crippen LogP contribution is -1.88. The van der Waals surface area contributed by atoms with Crippen LogP contribution in [0.5, 0.6) is 0 Å². The third-order valence-electron chi connectivity index (χ3n) is 2.53. The second-order valence-corrected chi connectivity index (χ2v) is 4.74. The quantitative estimate of drug-likeness (QED) is 0.526. The van der Waals surface area contributed by atoms with E-state index in [1.807, 2.05) is 6.07 Å². The Hall–Kier alpha value is -2.79. The highest BCUT2D eigenvalue weighted by Crippen LogP contribution is 2.31. The summed E-state index contributed by atoms with van der Waals surface area (Å²) in [7, 11) is 0. The molecular formula is C11H5N5O2S. The van der Waals surface area contributed by atoms with Gasteiger partial charge in [0.05, 0.1) is 21.4 Å². The number of nitrogens with zero attached hydrogens (tertiary/aromatic N) is 5. The molecule has 3 heterocycles. The molecule has 92 valence electrons. The van der Waals surface area contributed by atoms with Crippen molar-refractivity contribution < 1.29 is 4.92 Å². The minimum absolute atomic E-state index is 0.0559. The van der Waals surface area contributed by atoms with Crippen molar-refractivity contribution in [1.82, 2.24) is 14.6 Å². The van der Waals surface area contributed by atoms with E-state index in [0.29, 0.717) is 21.9 Å². The number of aromatic nitrogens is 3. The van der Waals surface area contributed by atoms with Crippen LogP contribution in [0.2, 0.25) is 0 Å². The minimum Gasteiger partial charge on any atom is -0.282 e. The van der Waals surface area contributed by atoms with Gasteiger partial charge in [-0.2, -0.15) is 5.26 Å². The van der Waals surface area contributed by atoms with Crippen LogP contribution in [-0.4, -0.2) is 19.5 Å². The fraction of sp³-hybridized carbons (Fsp3) is 0. The SMILES string of the molecule is N#Cc1ccn2c(-c3ccc([N+](=O)[O-])s3)nnc2c1. The Bertz CT molecular complexity index is 829. The summed E-state index contributed by atoms with van der Waals surface area (Å²) in [6.07, 6.45) is 1.68. The fourth-order valence-electron chi connectivity index (χ4n) is 1.67. The number of fused-ring (bicyclic) bond motifs is 1. The summed E-state index contributed by atoms with van der Waals surface area (Å²) in [5.74, 6) is 0.526. The van der Waals surface area contributed by atoms with Gasteiger partial charge in [0.2, 0.25) is 0 Å². The van der Waals surface area contributed by atoms with Crippen LogP contribution in [0, 0.1) is 21.4 Å². The molecule has 0 unspecified atom stereocenters. The Morgan fingerprint density at radius 1 is 1.37 bits per heavy atom. The highest BCUT2D eigenvalue weighted by molar-refractivity contribution is 7.18. The number of nitro groups is 1. The number of rotatable bonds is 2. The van der Waals surface area contributed by atoms with Crippen molar-refractivity contribution in [3.05, 3.63) is 46.1 Å². The zero-order valence-electron chi connectivity index (χ0n) is 9.35. The standard InChI is InChI=1S/C11H5N5O2S/c12-6-7-3-4-15-9(5-7)13-14-11(15)8-1-2-10(19-8)16(17)18/h1-5H. The number of thiophene rings is 1. The number of hydrogen-bond acceptors (Lipinski definition) is 6. The Balaban J connectivity index is 2.15. The Morgan fingerprint density at radius 3 is 2.89 bits per heavy atom. The summed E-state index contributed by atoms with van der Waals surface area (Å²) in [4.78, 5) is 10.9. The molecule has 0 fully saturated rings. The molecule has 0 aliphatic heterocycles. The van der Waals surface area contributed by atoms with E-state index in [4.69, 9.17) is 5.26 Å². The van der Waals surface area contributed by atoms with Crippen molar-refractivity contribution >= 4 is 22.0 Å². The smallest absolute Gasteiger partial charge is 0.282 e. The molecule has 19 heavy (non-hydrogen) atoms. The van der Waals surface area contributed by atoms with Crippen LogP contribution in [0.3, 0.4) is 0 Å². The van der Waals surface area contributed by atoms with Crippen LogP contribution >= 0.6 is 11.3 Å². The molecule has 0 saturated carbocycles. The van der Waals surface area contributed by atoms with E-state index in [0.717, 1.165) is 11.3 Å². The van der Waals surface area contributed by atoms with Crippen LogP contribution in [0.1, 0.15) is 5.56 Å². The molecule has 0 atom stereocenters. The van der Waals surface area contributed by atoms with Gasteiger partial charge in [0.15, 0.2) is 11.5 Å². The average Bonchev–Trinajstić information content (AvgIpc) is 3.03. The molecule has 0 aliphatic rings. The van der Waals surface area contributed by atoms with Gasteiger partial charge in [0, 0.05) is 18.3 Å². The van der Waals surface area contributed by atoms with Gasteiger partial charge in [-0.1, -0.05) is 11.3 Å². The molecule has 0 N–H and O–H groups in total. The second kappa shape index (κ2) is 4.15. The largest absolute Gasteiger partial charge is 0.324 e. The summed E-state index contributed by atoms with van der Waals surface area (Å²) < 4.78 is 1.69. The van der Waals surface area contributed by atoms with Gasteiger partial charge in [-0.15, -0.1) is 10.2 Å². The van der Waals surface area contributed by atoms with Gasteiger partial charge < -0.3 is 0 Å². The molecule has 0 amide bonds. The fourth-order valence-corrected chi connectivity index (χ4v) is 2.48. The van der Waals surface area contributed by atoms with Crippen molar-refractivity contribution in [3.63, 3.8) is 0 Å². The second-order valence-electron chi connectivity index (χ2n) is 3.67. The maximum atomic E-state index is 10.7. The zero-order valence-corrected chi connectivity index (χ0v) is 10.2. The molecular weight excluding hydrogens is 266 g/mol. The highest BCUT2D eigenvalue weighted by atomic mass is 32.1. The molecule has 0 aromatic carbocycles. The molecule has 3 aromatic rings. The van der Waals surface area contributed by atoms with Crippen LogP contribution in [-0.2, 0) is 0 Å². The van der Waals surface area contributed by atoms with Gasteiger partial charge in [-0.3, -0.25) is 14.5 Å². The monoisotopic (exact) mass is 271 g/mol. The summed E-state index contributed by atoms with van der Waals surface area (Å²) in [6, 6.07) is 8.34. The van der Waals surface area contributed by atoms with E-state index in [9.17, 15) is 10.1 Å². The summed E-state index contributed by atoms with van der Waals surface area (Å²) >= 11 is 1.04. The van der Waals surface area contributed by atoms with Gasteiger partial charge in [0.1, 0.15) is 0 Å². The maximum Gasteiger partial charge on any atom is 0.324 e. The van der Waals surface area contributed by atoms with Gasteiger partial charge in [-0.25, -0.2) is 0 Å². The van der Waals surface area contributed by atoms with Crippen molar-refractivity contribution in [3.8, 4) is 16.8 Å². The van der Waals surface area contributed by atoms with Crippen molar-refractivity contribution in [2.75, 3.05) is 0 Å². The van der Waals surface area contributed by atoms with E-state index in [2.05, 4.69) is 10.2 Å². The molecule has 0 radical (unpaired) electrons. The molecule has 3 rings (SSSR count). The summed E-state index contributed by atoms with van der Waals surface area (Å²) in [5, 5.41) is 27.5. The van der Waals surface area contributed by atoms with Crippen molar-refractivity contribution in [2.45, 2.75) is 0 Å². The Labute approximate surface area is 110 Å². The van der Waals surface area contributed by atoms with Crippen LogP contribution in [0.25, 0.3) is 16.3 Å². The van der Waals surface area contributed by atoms with Crippen LogP contribution < -0.4 is 0 Å². The molecule has 0 saturated heterocycles. The maximum absolute atomic E-state index is 10.7. The minimum atomic E-state index is -0.439. The third-order valence-corrected chi connectivity index (χ3v) is 3.56. The van der Waals surface area contributed by atoms with E-state index >= 15 is 0 Å². The van der Waals surface area contributed by atoms with Gasteiger partial charge >= 0.3 is 5.00 Å². The van der Waals surface area contributed by atoms with Crippen molar-refractivity contribution in [1.29, 1.82) is 5.26 Å². The first kappa shape index (κ1) is 11.3. The number of nitriles is 1. The van der Waals surface area contributed by atoms with Gasteiger partial charge in [0.25, 0.3) is 0 Å². The first-order valence-corrected chi connectivity index (χ1v) is 6.00. The average molecular weight is 271 g/mol. The van der Waals surface area contributed by atoms with Crippen LogP contribution in [0.15, 0.2) is 30.5 Å². The number of hydrogen-bond donors (Lipinski definition) is 0. The molecule has 3 aromatic heterocycles. The lowest BCUT2D eigenvalue weighted by Gasteiger charge is -1.96. The molecule has 8 heteroatoms. The normalized spacial score (nSPS) is 10.5. The lowest BCUT2D eigenvalue weighted by atomic mass is 10.3. The topological polar surface area (TPSA) is 97.1 Å². The highest BCUT2D eigenvalue weighted by Gasteiger charge is 2.15. The summed E-state index contributed by atoms with van der Waals surface area (Å²) in [5.41, 5.74) is 1.02. The third kappa shape index (κ3) is 1.82.